The fourth-order valence-corrected chi connectivity index (χ4v) is 4.61. The van der Waals surface area contributed by atoms with Crippen LogP contribution in [0.5, 0.6) is 5.75 Å². The van der Waals surface area contributed by atoms with Crippen LogP contribution in [0.4, 0.5) is 10.5 Å². The van der Waals surface area contributed by atoms with E-state index < -0.39 is 9.84 Å². The second-order valence-corrected chi connectivity index (χ2v) is 6.90. The van der Waals surface area contributed by atoms with Gasteiger partial charge in [0.1, 0.15) is 5.75 Å². The number of para-hydroxylation sites is 2. The van der Waals surface area contributed by atoms with Crippen LogP contribution in [-0.4, -0.2) is 45.1 Å². The van der Waals surface area contributed by atoms with Gasteiger partial charge < -0.3 is 10.1 Å². The highest BCUT2D eigenvalue weighted by Gasteiger charge is 2.49. The van der Waals surface area contributed by atoms with Gasteiger partial charge in [0.15, 0.2) is 9.84 Å². The van der Waals surface area contributed by atoms with Crippen molar-refractivity contribution in [1.29, 1.82) is 0 Å². The first kappa shape index (κ1) is 12.3. The van der Waals surface area contributed by atoms with Gasteiger partial charge in [-0.05, 0) is 12.1 Å². The van der Waals surface area contributed by atoms with E-state index in [0.717, 1.165) is 0 Å². The van der Waals surface area contributed by atoms with Gasteiger partial charge in [0.25, 0.3) is 0 Å². The molecule has 2 aliphatic heterocycles. The summed E-state index contributed by atoms with van der Waals surface area (Å²) in [6.07, 6.45) is 0. The summed E-state index contributed by atoms with van der Waals surface area (Å²) in [5.74, 6) is 0.561. The molecule has 2 unspecified atom stereocenters. The molecule has 2 atom stereocenters. The molecule has 2 aliphatic rings. The molecular formula is C12H14N2O4S. The molecular weight excluding hydrogens is 268 g/mol. The number of methoxy groups -OCH3 is 1. The number of nitrogens with one attached hydrogen (secondary N) is 1. The molecule has 0 aromatic heterocycles. The van der Waals surface area contributed by atoms with Gasteiger partial charge in [-0.1, -0.05) is 12.1 Å². The Morgan fingerprint density at radius 2 is 2.05 bits per heavy atom. The van der Waals surface area contributed by atoms with E-state index in [-0.39, 0.29) is 29.6 Å². The number of amides is 2. The van der Waals surface area contributed by atoms with Crippen LogP contribution in [0.15, 0.2) is 24.3 Å². The standard InChI is InChI=1S/C12H14N2O4S/c1-18-11-5-3-2-4-9(11)14-10-7-19(16,17)6-8(10)13-12(14)15/h2-5,8,10H,6-7H2,1H3,(H,13,15). The third-order valence-corrected chi connectivity index (χ3v) is 5.24. The van der Waals surface area contributed by atoms with Gasteiger partial charge in [0.2, 0.25) is 0 Å². The van der Waals surface area contributed by atoms with Crippen LogP contribution >= 0.6 is 0 Å². The molecule has 3 rings (SSSR count). The molecule has 1 N–H and O–H groups in total. The maximum absolute atomic E-state index is 12.0. The quantitative estimate of drug-likeness (QED) is 0.796. The number of fused-ring (bicyclic) bond motifs is 1. The Balaban J connectivity index is 2.02. The lowest BCUT2D eigenvalue weighted by molar-refractivity contribution is 0.251. The number of sulfone groups is 1. The number of carbonyl (C=O) groups is 1. The van der Waals surface area contributed by atoms with E-state index >= 15 is 0 Å². The van der Waals surface area contributed by atoms with Crippen molar-refractivity contribution in [2.45, 2.75) is 12.1 Å². The Morgan fingerprint density at radius 1 is 1.32 bits per heavy atom. The molecule has 1 aromatic carbocycles. The number of urea groups is 1. The molecule has 19 heavy (non-hydrogen) atoms. The molecule has 102 valence electrons. The summed E-state index contributed by atoms with van der Waals surface area (Å²) in [6, 6.07) is 6.15. The van der Waals surface area contributed by atoms with Gasteiger partial charge >= 0.3 is 6.03 Å². The molecule has 2 saturated heterocycles. The summed E-state index contributed by atoms with van der Waals surface area (Å²) >= 11 is 0. The summed E-state index contributed by atoms with van der Waals surface area (Å²) in [5.41, 5.74) is 0.604. The van der Waals surface area contributed by atoms with Crippen LogP contribution in [-0.2, 0) is 9.84 Å². The summed E-state index contributed by atoms with van der Waals surface area (Å²) in [4.78, 5) is 13.5. The topological polar surface area (TPSA) is 75.7 Å². The molecule has 7 heteroatoms. The Morgan fingerprint density at radius 3 is 2.79 bits per heavy atom. The van der Waals surface area contributed by atoms with E-state index in [0.29, 0.717) is 11.4 Å². The number of carbonyl (C=O) groups excluding carboxylic acids is 1. The number of ether oxygens (including phenoxy) is 1. The molecule has 2 fully saturated rings. The number of hydrogen-bond donors (Lipinski definition) is 1. The summed E-state index contributed by atoms with van der Waals surface area (Å²) in [6.45, 7) is 0. The van der Waals surface area contributed by atoms with Crippen LogP contribution in [0.1, 0.15) is 0 Å². The van der Waals surface area contributed by atoms with Crippen molar-refractivity contribution in [3.05, 3.63) is 24.3 Å². The number of benzene rings is 1. The largest absolute Gasteiger partial charge is 0.495 e. The summed E-state index contributed by atoms with van der Waals surface area (Å²) in [7, 11) is -1.56. The van der Waals surface area contributed by atoms with Crippen molar-refractivity contribution >= 4 is 21.6 Å². The highest BCUT2D eigenvalue weighted by Crippen LogP contribution is 2.35. The van der Waals surface area contributed by atoms with Gasteiger partial charge in [-0.3, -0.25) is 4.90 Å². The first-order chi connectivity index (χ1) is 9.02. The number of nitrogens with zero attached hydrogens (tertiary/aromatic N) is 1. The monoisotopic (exact) mass is 282 g/mol. The summed E-state index contributed by atoms with van der Waals surface area (Å²) < 4.78 is 28.6. The Kier molecular flexibility index (Phi) is 2.67. The molecule has 0 radical (unpaired) electrons. The average molecular weight is 282 g/mol. The molecule has 2 amide bonds. The van der Waals surface area contributed by atoms with Crippen molar-refractivity contribution in [2.75, 3.05) is 23.5 Å². The SMILES string of the molecule is COc1ccccc1N1C(=O)NC2CS(=O)(=O)CC21. The molecule has 1 aromatic rings. The summed E-state index contributed by atoms with van der Waals surface area (Å²) in [5, 5.41) is 2.72. The zero-order chi connectivity index (χ0) is 13.6. The predicted molar refractivity (Wildman–Crippen MR) is 70.2 cm³/mol. The second kappa shape index (κ2) is 4.12. The zero-order valence-electron chi connectivity index (χ0n) is 10.4. The van der Waals surface area contributed by atoms with E-state index in [1.165, 1.54) is 12.0 Å². The van der Waals surface area contributed by atoms with Crippen molar-refractivity contribution < 1.29 is 17.9 Å². The Hall–Kier alpha value is -1.76. The third-order valence-electron chi connectivity index (χ3n) is 3.53. The van der Waals surface area contributed by atoms with Crippen molar-refractivity contribution in [3.63, 3.8) is 0 Å². The first-order valence-corrected chi connectivity index (χ1v) is 7.77. The van der Waals surface area contributed by atoms with E-state index in [1.54, 1.807) is 24.3 Å². The van der Waals surface area contributed by atoms with E-state index in [9.17, 15) is 13.2 Å². The average Bonchev–Trinajstić information content (AvgIpc) is 2.79. The highest BCUT2D eigenvalue weighted by atomic mass is 32.2. The van der Waals surface area contributed by atoms with E-state index in [1.807, 2.05) is 0 Å². The minimum Gasteiger partial charge on any atom is -0.495 e. The van der Waals surface area contributed by atoms with Crippen LogP contribution < -0.4 is 15.0 Å². The fraction of sp³-hybridized carbons (Fsp3) is 0.417. The minimum atomic E-state index is -3.09. The van der Waals surface area contributed by atoms with Gasteiger partial charge in [0.05, 0.1) is 36.4 Å². The van der Waals surface area contributed by atoms with Crippen LogP contribution in [0.3, 0.4) is 0 Å². The van der Waals surface area contributed by atoms with Crippen molar-refractivity contribution in [2.24, 2.45) is 0 Å². The van der Waals surface area contributed by atoms with Gasteiger partial charge in [-0.25, -0.2) is 13.2 Å². The van der Waals surface area contributed by atoms with E-state index in [4.69, 9.17) is 4.74 Å². The van der Waals surface area contributed by atoms with Crippen molar-refractivity contribution in [1.82, 2.24) is 5.32 Å². The molecule has 6 nitrogen and oxygen atoms in total. The second-order valence-electron chi connectivity index (χ2n) is 4.74. The lowest BCUT2D eigenvalue weighted by Crippen LogP contribution is -2.37. The van der Waals surface area contributed by atoms with E-state index in [2.05, 4.69) is 5.32 Å². The van der Waals surface area contributed by atoms with Crippen LogP contribution in [0.25, 0.3) is 0 Å². The highest BCUT2D eigenvalue weighted by molar-refractivity contribution is 7.91. The molecule has 2 heterocycles. The molecule has 0 saturated carbocycles. The molecule has 0 bridgehead atoms. The van der Waals surface area contributed by atoms with Gasteiger partial charge in [-0.15, -0.1) is 0 Å². The third kappa shape index (κ3) is 1.94. The van der Waals surface area contributed by atoms with Crippen molar-refractivity contribution in [3.8, 4) is 5.75 Å². The minimum absolute atomic E-state index is 0.00550. The van der Waals surface area contributed by atoms with Gasteiger partial charge in [-0.2, -0.15) is 0 Å². The normalized spacial score (nSPS) is 28.1. The Bertz CT molecular complexity index is 628. The fourth-order valence-electron chi connectivity index (χ4n) is 2.72. The number of hydrogen-bond acceptors (Lipinski definition) is 4. The lowest BCUT2D eigenvalue weighted by atomic mass is 10.1. The van der Waals surface area contributed by atoms with Gasteiger partial charge in [0, 0.05) is 0 Å². The first-order valence-electron chi connectivity index (χ1n) is 5.95. The number of rotatable bonds is 2. The number of anilines is 1. The van der Waals surface area contributed by atoms with Crippen LogP contribution in [0, 0.1) is 0 Å². The maximum atomic E-state index is 12.0. The smallest absolute Gasteiger partial charge is 0.322 e. The Labute approximate surface area is 111 Å². The zero-order valence-corrected chi connectivity index (χ0v) is 11.2. The predicted octanol–water partition coefficient (Wildman–Crippen LogP) is 0.390. The maximum Gasteiger partial charge on any atom is 0.322 e. The lowest BCUT2D eigenvalue weighted by Gasteiger charge is -2.23. The molecule has 0 aliphatic carbocycles. The molecule has 0 spiro atoms. The van der Waals surface area contributed by atoms with Crippen LogP contribution in [0.2, 0.25) is 0 Å².